The third-order valence-electron chi connectivity index (χ3n) is 5.81. The highest BCUT2D eigenvalue weighted by molar-refractivity contribution is 5.99. The lowest BCUT2D eigenvalue weighted by Gasteiger charge is -2.33. The van der Waals surface area contributed by atoms with Crippen LogP contribution in [0.15, 0.2) is 42.5 Å². The van der Waals surface area contributed by atoms with Gasteiger partial charge in [0.2, 0.25) is 0 Å². The lowest BCUT2D eigenvalue weighted by Crippen LogP contribution is -2.48. The van der Waals surface area contributed by atoms with Gasteiger partial charge < -0.3 is 19.8 Å². The van der Waals surface area contributed by atoms with E-state index >= 15 is 0 Å². The van der Waals surface area contributed by atoms with Crippen molar-refractivity contribution in [2.45, 2.75) is 38.5 Å². The first kappa shape index (κ1) is 21.3. The van der Waals surface area contributed by atoms with Crippen molar-refractivity contribution >= 4 is 11.9 Å². The molecule has 0 aromatic heterocycles. The first-order chi connectivity index (χ1) is 14.7. The van der Waals surface area contributed by atoms with Crippen LogP contribution >= 0.6 is 0 Å². The minimum absolute atomic E-state index is 0.0706. The van der Waals surface area contributed by atoms with Crippen molar-refractivity contribution in [2.24, 2.45) is 0 Å². The van der Waals surface area contributed by atoms with Crippen molar-refractivity contribution in [1.29, 1.82) is 0 Å². The molecule has 0 saturated carbocycles. The number of aromatic carboxylic acids is 1. The molecule has 2 N–H and O–H groups in total. The van der Waals surface area contributed by atoms with Gasteiger partial charge in [0.1, 0.15) is 11.4 Å². The number of hydrogen-bond donors (Lipinski definition) is 2. The fraction of sp³-hybridized carbons (Fsp3) is 0.417. The van der Waals surface area contributed by atoms with Gasteiger partial charge in [0, 0.05) is 26.2 Å². The van der Waals surface area contributed by atoms with E-state index in [-0.39, 0.29) is 23.8 Å². The van der Waals surface area contributed by atoms with Gasteiger partial charge in [0.25, 0.3) is 5.91 Å². The Balaban J connectivity index is 1.47. The second-order valence-electron chi connectivity index (χ2n) is 8.97. The molecule has 2 aromatic rings. The number of carboxylic acids is 1. The van der Waals surface area contributed by atoms with E-state index in [4.69, 9.17) is 4.74 Å². The number of β-amino-alcohol motifs (C(OH)–C–C–N with tert-alkyl or cyclic N) is 1. The molecule has 1 amide bonds. The normalized spacial score (nSPS) is 19.1. The third-order valence-corrected chi connectivity index (χ3v) is 5.81. The number of nitrogens with zero attached hydrogens (tertiary/aromatic N) is 2. The molecule has 31 heavy (non-hydrogen) atoms. The van der Waals surface area contributed by atoms with Gasteiger partial charge in [0.05, 0.1) is 23.8 Å². The number of rotatable bonds is 5. The van der Waals surface area contributed by atoms with E-state index in [9.17, 15) is 19.8 Å². The number of benzene rings is 2. The van der Waals surface area contributed by atoms with Crippen molar-refractivity contribution in [3.63, 3.8) is 0 Å². The van der Waals surface area contributed by atoms with E-state index in [0.29, 0.717) is 18.7 Å². The number of amides is 1. The van der Waals surface area contributed by atoms with Gasteiger partial charge in [-0.1, -0.05) is 24.3 Å². The highest BCUT2D eigenvalue weighted by Crippen LogP contribution is 2.30. The van der Waals surface area contributed by atoms with Crippen LogP contribution in [0.3, 0.4) is 0 Å². The van der Waals surface area contributed by atoms with Gasteiger partial charge in [-0.05, 0) is 49.6 Å². The average molecular weight is 424 g/mol. The summed E-state index contributed by atoms with van der Waals surface area (Å²) in [5.41, 5.74) is 2.30. The van der Waals surface area contributed by atoms with Gasteiger partial charge in [0.15, 0.2) is 0 Å². The van der Waals surface area contributed by atoms with E-state index in [2.05, 4.69) is 23.1 Å². The maximum atomic E-state index is 13.2. The Morgan fingerprint density at radius 3 is 2.65 bits per heavy atom. The molecule has 2 aliphatic rings. The Bertz CT molecular complexity index is 1000. The van der Waals surface area contributed by atoms with E-state index < -0.39 is 17.7 Å². The van der Waals surface area contributed by atoms with Crippen LogP contribution in [0, 0.1) is 0 Å². The maximum Gasteiger partial charge on any atom is 0.335 e. The molecule has 2 heterocycles. The molecule has 7 nitrogen and oxygen atoms in total. The molecular formula is C24H28N2O5. The quantitative estimate of drug-likeness (QED) is 0.766. The fourth-order valence-corrected chi connectivity index (χ4v) is 4.42. The second-order valence-corrected chi connectivity index (χ2v) is 8.97. The first-order valence-electron chi connectivity index (χ1n) is 10.5. The molecule has 2 aromatic carbocycles. The van der Waals surface area contributed by atoms with Crippen LogP contribution in [-0.4, -0.2) is 69.8 Å². The number of aliphatic hydroxyl groups is 1. The molecule has 0 fully saturated rings. The highest BCUT2D eigenvalue weighted by atomic mass is 16.5. The van der Waals surface area contributed by atoms with Crippen LogP contribution < -0.4 is 4.74 Å². The molecule has 0 saturated heterocycles. The fourth-order valence-electron chi connectivity index (χ4n) is 4.42. The Hall–Kier alpha value is -2.90. The van der Waals surface area contributed by atoms with Crippen LogP contribution in [0.2, 0.25) is 0 Å². The van der Waals surface area contributed by atoms with E-state index in [1.165, 1.54) is 29.3 Å². The number of carbonyl (C=O) groups excluding carboxylic acids is 1. The molecule has 1 atom stereocenters. The Kier molecular flexibility index (Phi) is 5.73. The van der Waals surface area contributed by atoms with Crippen LogP contribution in [0.4, 0.5) is 0 Å². The molecule has 2 aliphatic heterocycles. The topological polar surface area (TPSA) is 90.3 Å². The molecule has 164 valence electrons. The van der Waals surface area contributed by atoms with E-state index in [0.717, 1.165) is 19.5 Å². The lowest BCUT2D eigenvalue weighted by molar-refractivity contribution is 0.0287. The number of ether oxygens (including phenoxy) is 1. The summed E-state index contributed by atoms with van der Waals surface area (Å²) in [6.07, 6.45) is 0.246. The second kappa shape index (κ2) is 8.32. The largest absolute Gasteiger partial charge is 0.485 e. The third kappa shape index (κ3) is 4.73. The molecule has 1 unspecified atom stereocenters. The molecule has 0 bridgehead atoms. The predicted molar refractivity (Wildman–Crippen MR) is 115 cm³/mol. The van der Waals surface area contributed by atoms with Crippen molar-refractivity contribution in [1.82, 2.24) is 9.80 Å². The SMILES string of the molecule is CC1(C)CN(CC(O)CN2CCc3ccccc3C2)C(=O)c2ccc(C(=O)O)cc2O1. The summed E-state index contributed by atoms with van der Waals surface area (Å²) in [7, 11) is 0. The molecule has 4 rings (SSSR count). The highest BCUT2D eigenvalue weighted by Gasteiger charge is 2.35. The summed E-state index contributed by atoms with van der Waals surface area (Å²) in [6, 6.07) is 12.6. The maximum absolute atomic E-state index is 13.2. The molecule has 0 radical (unpaired) electrons. The van der Waals surface area contributed by atoms with Gasteiger partial charge in [-0.15, -0.1) is 0 Å². The summed E-state index contributed by atoms with van der Waals surface area (Å²) >= 11 is 0. The minimum atomic E-state index is -1.07. The molecule has 7 heteroatoms. The summed E-state index contributed by atoms with van der Waals surface area (Å²) in [5, 5.41) is 20.0. The zero-order valence-electron chi connectivity index (χ0n) is 17.9. The smallest absolute Gasteiger partial charge is 0.335 e. The first-order valence-corrected chi connectivity index (χ1v) is 10.5. The van der Waals surface area contributed by atoms with Crippen LogP contribution in [-0.2, 0) is 13.0 Å². The Morgan fingerprint density at radius 1 is 1.16 bits per heavy atom. The van der Waals surface area contributed by atoms with E-state index in [1.807, 2.05) is 19.9 Å². The van der Waals surface area contributed by atoms with Crippen molar-refractivity contribution in [2.75, 3.05) is 26.2 Å². The monoisotopic (exact) mass is 424 g/mol. The summed E-state index contributed by atoms with van der Waals surface area (Å²) < 4.78 is 5.99. The lowest BCUT2D eigenvalue weighted by atomic mass is 9.99. The Morgan fingerprint density at radius 2 is 1.90 bits per heavy atom. The van der Waals surface area contributed by atoms with Crippen LogP contribution in [0.1, 0.15) is 45.7 Å². The van der Waals surface area contributed by atoms with Gasteiger partial charge in [-0.3, -0.25) is 9.69 Å². The zero-order valence-corrected chi connectivity index (χ0v) is 17.9. The molecule has 0 aliphatic carbocycles. The average Bonchev–Trinajstić information content (AvgIpc) is 2.80. The number of carbonyl (C=O) groups is 2. The summed E-state index contributed by atoms with van der Waals surface area (Å²) in [5.74, 6) is -1.07. The standard InChI is InChI=1S/C24H28N2O5/c1-24(2)15-26(22(28)20-8-7-17(23(29)30)11-21(20)31-24)14-19(27)13-25-10-9-16-5-3-4-6-18(16)12-25/h3-8,11,19,27H,9-10,12-15H2,1-2H3,(H,29,30). The van der Waals surface area contributed by atoms with Gasteiger partial charge >= 0.3 is 5.97 Å². The minimum Gasteiger partial charge on any atom is -0.485 e. The van der Waals surface area contributed by atoms with Gasteiger partial charge in [-0.25, -0.2) is 4.79 Å². The summed E-state index contributed by atoms with van der Waals surface area (Å²) in [6.45, 7) is 6.32. The number of hydrogen-bond acceptors (Lipinski definition) is 5. The number of aliphatic hydroxyl groups excluding tert-OH is 1. The van der Waals surface area contributed by atoms with Crippen LogP contribution in [0.5, 0.6) is 5.75 Å². The number of fused-ring (bicyclic) bond motifs is 2. The van der Waals surface area contributed by atoms with Crippen molar-refractivity contribution in [3.8, 4) is 5.75 Å². The van der Waals surface area contributed by atoms with Crippen molar-refractivity contribution in [3.05, 3.63) is 64.7 Å². The van der Waals surface area contributed by atoms with Crippen molar-refractivity contribution < 1.29 is 24.5 Å². The predicted octanol–water partition coefficient (Wildman–Crippen LogP) is 2.42. The molecule has 0 spiro atoms. The van der Waals surface area contributed by atoms with E-state index in [1.54, 1.807) is 4.90 Å². The Labute approximate surface area is 181 Å². The zero-order chi connectivity index (χ0) is 22.2. The number of carboxylic acid groups (broad SMARTS) is 1. The summed E-state index contributed by atoms with van der Waals surface area (Å²) in [4.78, 5) is 28.3. The van der Waals surface area contributed by atoms with Gasteiger partial charge in [-0.2, -0.15) is 0 Å². The molecular weight excluding hydrogens is 396 g/mol. The van der Waals surface area contributed by atoms with Crippen LogP contribution in [0.25, 0.3) is 0 Å².